The number of hydrogen-bond donors (Lipinski definition) is 1. The Morgan fingerprint density at radius 1 is 1.35 bits per heavy atom. The Labute approximate surface area is 121 Å². The van der Waals surface area contributed by atoms with Crippen LogP contribution in [0.1, 0.15) is 45.4 Å². The van der Waals surface area contributed by atoms with Gasteiger partial charge in [-0.1, -0.05) is 13.8 Å². The van der Waals surface area contributed by atoms with Crippen molar-refractivity contribution < 1.29 is 4.74 Å². The van der Waals surface area contributed by atoms with Crippen molar-refractivity contribution in [2.45, 2.75) is 45.6 Å². The van der Waals surface area contributed by atoms with E-state index in [-0.39, 0.29) is 0 Å². The second kappa shape index (κ2) is 6.88. The van der Waals surface area contributed by atoms with E-state index in [1.54, 1.807) is 7.11 Å². The lowest BCUT2D eigenvalue weighted by Gasteiger charge is -2.32. The summed E-state index contributed by atoms with van der Waals surface area (Å²) in [6.07, 6.45) is 2.52. The van der Waals surface area contributed by atoms with Gasteiger partial charge in [0.2, 0.25) is 0 Å². The molecule has 1 N–H and O–H groups in total. The zero-order valence-corrected chi connectivity index (χ0v) is 13.0. The quantitative estimate of drug-likeness (QED) is 0.897. The molecule has 1 aromatic rings. The summed E-state index contributed by atoms with van der Waals surface area (Å²) < 4.78 is 5.43. The number of piperidine rings is 1. The van der Waals surface area contributed by atoms with Crippen LogP contribution in [-0.2, 0) is 4.74 Å². The number of aromatic nitrogens is 2. The van der Waals surface area contributed by atoms with Crippen molar-refractivity contribution in [2.24, 2.45) is 0 Å². The molecule has 2 rings (SSSR count). The highest BCUT2D eigenvalue weighted by Crippen LogP contribution is 2.23. The van der Waals surface area contributed by atoms with Gasteiger partial charge < -0.3 is 15.0 Å². The van der Waals surface area contributed by atoms with Crippen LogP contribution in [-0.4, -0.2) is 42.8 Å². The van der Waals surface area contributed by atoms with Gasteiger partial charge in [0.1, 0.15) is 17.5 Å². The molecule has 2 heterocycles. The highest BCUT2D eigenvalue weighted by molar-refractivity contribution is 5.50. The predicted molar refractivity (Wildman–Crippen MR) is 82.5 cm³/mol. The number of hydrogen-bond acceptors (Lipinski definition) is 5. The lowest BCUT2D eigenvalue weighted by atomic mass is 10.1. The molecule has 0 atom stereocenters. The lowest BCUT2D eigenvalue weighted by Crippen LogP contribution is -2.37. The molecule has 5 nitrogen and oxygen atoms in total. The van der Waals surface area contributed by atoms with Crippen LogP contribution >= 0.6 is 0 Å². The average molecular weight is 278 g/mol. The molecule has 0 aliphatic carbocycles. The Kier molecular flexibility index (Phi) is 5.17. The van der Waals surface area contributed by atoms with Crippen LogP contribution in [0.15, 0.2) is 6.07 Å². The van der Waals surface area contributed by atoms with Crippen molar-refractivity contribution in [1.82, 2.24) is 9.97 Å². The highest BCUT2D eigenvalue weighted by atomic mass is 16.5. The Morgan fingerprint density at radius 2 is 2.05 bits per heavy atom. The van der Waals surface area contributed by atoms with Gasteiger partial charge in [-0.25, -0.2) is 9.97 Å². The van der Waals surface area contributed by atoms with Crippen molar-refractivity contribution in [3.8, 4) is 0 Å². The first-order valence-electron chi connectivity index (χ1n) is 7.54. The first kappa shape index (κ1) is 15.0. The summed E-state index contributed by atoms with van der Waals surface area (Å²) in [4.78, 5) is 11.6. The van der Waals surface area contributed by atoms with Gasteiger partial charge in [0, 0.05) is 38.7 Å². The van der Waals surface area contributed by atoms with Crippen LogP contribution in [0.4, 0.5) is 11.6 Å². The Bertz CT molecular complexity index is 428. The summed E-state index contributed by atoms with van der Waals surface area (Å²) in [7, 11) is 1.80. The fraction of sp³-hybridized carbons (Fsp3) is 0.733. The first-order chi connectivity index (χ1) is 9.63. The second-order valence-corrected chi connectivity index (χ2v) is 5.58. The van der Waals surface area contributed by atoms with E-state index in [1.807, 2.05) is 0 Å². The number of nitrogens with one attached hydrogen (secondary N) is 1. The van der Waals surface area contributed by atoms with Crippen LogP contribution < -0.4 is 10.2 Å². The summed E-state index contributed by atoms with van der Waals surface area (Å²) in [5.41, 5.74) is 0. The summed E-state index contributed by atoms with van der Waals surface area (Å²) in [6, 6.07) is 2.06. The number of rotatable bonds is 5. The fourth-order valence-electron chi connectivity index (χ4n) is 2.47. The molecule has 1 saturated heterocycles. The summed E-state index contributed by atoms with van der Waals surface area (Å²) >= 11 is 0. The molecular formula is C15H26N4O. The van der Waals surface area contributed by atoms with Crippen molar-refractivity contribution in [3.05, 3.63) is 11.9 Å². The Morgan fingerprint density at radius 3 is 2.60 bits per heavy atom. The molecule has 1 aliphatic rings. The molecule has 0 bridgehead atoms. The zero-order valence-electron chi connectivity index (χ0n) is 13.0. The molecule has 1 aromatic heterocycles. The van der Waals surface area contributed by atoms with E-state index in [1.165, 1.54) is 0 Å². The standard InChI is InChI=1S/C15H26N4O/c1-5-16-13-10-14(18-15(17-13)11(2)3)19-8-6-12(20-4)7-9-19/h10-12H,5-9H2,1-4H3,(H,16,17,18). The van der Waals surface area contributed by atoms with Crippen molar-refractivity contribution in [3.63, 3.8) is 0 Å². The predicted octanol–water partition coefficient (Wildman–Crippen LogP) is 2.65. The summed E-state index contributed by atoms with van der Waals surface area (Å²) in [5.74, 6) is 3.21. The molecule has 0 amide bonds. The van der Waals surface area contributed by atoms with Crippen LogP contribution in [0.5, 0.6) is 0 Å². The SMILES string of the molecule is CCNc1cc(N2CCC(OC)CC2)nc(C(C)C)n1. The third-order valence-corrected chi connectivity index (χ3v) is 3.70. The highest BCUT2D eigenvalue weighted by Gasteiger charge is 2.21. The van der Waals surface area contributed by atoms with Gasteiger partial charge in [-0.2, -0.15) is 0 Å². The smallest absolute Gasteiger partial charge is 0.135 e. The monoisotopic (exact) mass is 278 g/mol. The number of nitrogens with zero attached hydrogens (tertiary/aromatic N) is 3. The van der Waals surface area contributed by atoms with Gasteiger partial charge in [0.15, 0.2) is 0 Å². The Hall–Kier alpha value is -1.36. The minimum Gasteiger partial charge on any atom is -0.381 e. The molecular weight excluding hydrogens is 252 g/mol. The van der Waals surface area contributed by atoms with Crippen molar-refractivity contribution in [1.29, 1.82) is 0 Å². The van der Waals surface area contributed by atoms with Gasteiger partial charge >= 0.3 is 0 Å². The van der Waals surface area contributed by atoms with E-state index < -0.39 is 0 Å². The third kappa shape index (κ3) is 3.60. The number of methoxy groups -OCH3 is 1. The molecule has 0 unspecified atom stereocenters. The normalized spacial score (nSPS) is 16.8. The number of anilines is 2. The van der Waals surface area contributed by atoms with Gasteiger partial charge in [-0.3, -0.25) is 0 Å². The van der Waals surface area contributed by atoms with E-state index in [4.69, 9.17) is 9.72 Å². The topological polar surface area (TPSA) is 50.3 Å². The maximum absolute atomic E-state index is 5.43. The summed E-state index contributed by atoms with van der Waals surface area (Å²) in [5, 5.41) is 3.30. The van der Waals surface area contributed by atoms with Crippen LogP contribution in [0.3, 0.4) is 0 Å². The zero-order chi connectivity index (χ0) is 14.5. The van der Waals surface area contributed by atoms with E-state index in [9.17, 15) is 0 Å². The average Bonchev–Trinajstić information content (AvgIpc) is 2.47. The molecule has 5 heteroatoms. The molecule has 1 aliphatic heterocycles. The lowest BCUT2D eigenvalue weighted by molar-refractivity contribution is 0.0818. The molecule has 0 aromatic carbocycles. The largest absolute Gasteiger partial charge is 0.381 e. The first-order valence-corrected chi connectivity index (χ1v) is 7.54. The molecule has 112 valence electrons. The second-order valence-electron chi connectivity index (χ2n) is 5.58. The summed E-state index contributed by atoms with van der Waals surface area (Å²) in [6.45, 7) is 9.22. The third-order valence-electron chi connectivity index (χ3n) is 3.70. The van der Waals surface area contributed by atoms with Crippen LogP contribution in [0, 0.1) is 0 Å². The van der Waals surface area contributed by atoms with Gasteiger partial charge in [-0.15, -0.1) is 0 Å². The molecule has 1 fully saturated rings. The molecule has 0 spiro atoms. The van der Waals surface area contributed by atoms with E-state index in [2.05, 4.69) is 42.0 Å². The van der Waals surface area contributed by atoms with Crippen LogP contribution in [0.25, 0.3) is 0 Å². The molecule has 0 radical (unpaired) electrons. The van der Waals surface area contributed by atoms with Crippen molar-refractivity contribution in [2.75, 3.05) is 37.0 Å². The van der Waals surface area contributed by atoms with Crippen LogP contribution in [0.2, 0.25) is 0 Å². The van der Waals surface area contributed by atoms with Crippen molar-refractivity contribution >= 4 is 11.6 Å². The van der Waals surface area contributed by atoms with Gasteiger partial charge in [-0.05, 0) is 19.8 Å². The number of ether oxygens (including phenoxy) is 1. The van der Waals surface area contributed by atoms with E-state index in [0.717, 1.165) is 49.9 Å². The van der Waals surface area contributed by atoms with Gasteiger partial charge in [0.25, 0.3) is 0 Å². The molecule has 0 saturated carbocycles. The van der Waals surface area contributed by atoms with E-state index >= 15 is 0 Å². The van der Waals surface area contributed by atoms with Gasteiger partial charge in [0.05, 0.1) is 6.10 Å². The maximum Gasteiger partial charge on any atom is 0.135 e. The molecule has 20 heavy (non-hydrogen) atoms. The fourth-order valence-corrected chi connectivity index (χ4v) is 2.47. The Balaban J connectivity index is 2.17. The minimum atomic E-state index is 0.337. The maximum atomic E-state index is 5.43. The minimum absolute atomic E-state index is 0.337. The van der Waals surface area contributed by atoms with E-state index in [0.29, 0.717) is 12.0 Å².